The molecule has 0 unspecified atom stereocenters. The Morgan fingerprint density at radius 1 is 1.03 bits per heavy atom. The van der Waals surface area contributed by atoms with E-state index in [1.54, 1.807) is 54.4 Å². The molecule has 5 rings (SSSR count). The third-order valence-electron chi connectivity index (χ3n) is 5.76. The van der Waals surface area contributed by atoms with Crippen molar-refractivity contribution in [3.8, 4) is 5.75 Å². The first-order valence-electron chi connectivity index (χ1n) is 10.7. The molecule has 0 aliphatic carbocycles. The van der Waals surface area contributed by atoms with Gasteiger partial charge in [0.1, 0.15) is 10.9 Å². The van der Waals surface area contributed by atoms with Gasteiger partial charge in [0.05, 0.1) is 31.4 Å². The highest BCUT2D eigenvalue weighted by Crippen LogP contribution is 2.36. The van der Waals surface area contributed by atoms with Gasteiger partial charge in [0.2, 0.25) is 5.82 Å². The molecule has 0 aliphatic rings. The molecule has 3 heterocycles. The van der Waals surface area contributed by atoms with Crippen molar-refractivity contribution in [3.63, 3.8) is 0 Å². The number of aryl methyl sites for hydroxylation is 1. The zero-order chi connectivity index (χ0) is 24.6. The van der Waals surface area contributed by atoms with Gasteiger partial charge in [-0.3, -0.25) is 4.68 Å². The summed E-state index contributed by atoms with van der Waals surface area (Å²) in [5.41, 5.74) is 2.52. The largest absolute Gasteiger partial charge is 0.497 e. The quantitative estimate of drug-likeness (QED) is 0.306. The smallest absolute Gasteiger partial charge is 0.333 e. The van der Waals surface area contributed by atoms with Gasteiger partial charge in [-0.25, -0.2) is 9.67 Å². The Balaban J connectivity index is 1.50. The second-order valence-electron chi connectivity index (χ2n) is 8.01. The number of benzene rings is 2. The van der Waals surface area contributed by atoms with Crippen molar-refractivity contribution >= 4 is 22.5 Å². The highest BCUT2D eigenvalue weighted by molar-refractivity contribution is 6.30. The zero-order valence-electron chi connectivity index (χ0n) is 18.9. The Morgan fingerprint density at radius 2 is 1.83 bits per heavy atom. The number of nitrogens with zero attached hydrogens (tertiary/aromatic N) is 7. The van der Waals surface area contributed by atoms with Crippen LogP contribution in [0.1, 0.15) is 28.2 Å². The van der Waals surface area contributed by atoms with Crippen molar-refractivity contribution in [2.24, 2.45) is 0 Å². The van der Waals surface area contributed by atoms with E-state index < -0.39 is 11.7 Å². The number of tetrazole rings is 1. The lowest BCUT2D eigenvalue weighted by Gasteiger charge is -2.17. The summed E-state index contributed by atoms with van der Waals surface area (Å²) in [6.07, 6.45) is 1.59. The normalized spacial score (nSPS) is 11.8. The van der Waals surface area contributed by atoms with Crippen LogP contribution in [0.5, 0.6) is 5.75 Å². The van der Waals surface area contributed by atoms with Crippen molar-refractivity contribution in [3.05, 3.63) is 94.2 Å². The molecule has 0 bridgehead atoms. The molecule has 3 aromatic heterocycles. The van der Waals surface area contributed by atoms with Gasteiger partial charge in [-0.05, 0) is 47.2 Å². The maximum absolute atomic E-state index is 15.7. The molecule has 0 atom stereocenters. The molecule has 0 N–H and O–H groups in total. The van der Waals surface area contributed by atoms with Gasteiger partial charge < -0.3 is 4.74 Å². The van der Waals surface area contributed by atoms with E-state index in [0.717, 1.165) is 26.9 Å². The monoisotopic (exact) mass is 495 g/mol. The molecular formula is C24H20ClF2N7O. The molecule has 0 spiro atoms. The number of ether oxygens (including phenoxy) is 1. The summed E-state index contributed by atoms with van der Waals surface area (Å²) in [5.74, 6) is -3.33. The molecule has 0 aliphatic heterocycles. The van der Waals surface area contributed by atoms with Gasteiger partial charge >= 0.3 is 5.92 Å². The standard InChI is InChI=1S/C24H20ClF2N7O/c1-15-20-10-7-18(12-21(20)33(30-15)14-17-4-3-11-28-22(17)25)24(26,27)23-29-31-32-34(23)13-16-5-8-19(35-2)9-6-16/h3-12H,13-14H2,1-2H3. The number of alkyl halides is 2. The van der Waals surface area contributed by atoms with E-state index in [-0.39, 0.29) is 12.1 Å². The van der Waals surface area contributed by atoms with Crippen LogP contribution in [0.15, 0.2) is 60.8 Å². The van der Waals surface area contributed by atoms with Crippen molar-refractivity contribution in [2.45, 2.75) is 25.9 Å². The average Bonchev–Trinajstić information content (AvgIpc) is 3.45. The van der Waals surface area contributed by atoms with Gasteiger partial charge in [0, 0.05) is 22.7 Å². The molecule has 0 amide bonds. The second kappa shape index (κ2) is 9.03. The topological polar surface area (TPSA) is 83.5 Å². The number of methoxy groups -OCH3 is 1. The average molecular weight is 496 g/mol. The zero-order valence-corrected chi connectivity index (χ0v) is 19.6. The van der Waals surface area contributed by atoms with Crippen LogP contribution in [0.4, 0.5) is 8.78 Å². The summed E-state index contributed by atoms with van der Waals surface area (Å²) in [5, 5.41) is 16.6. The fraction of sp³-hybridized carbons (Fsp3) is 0.208. The van der Waals surface area contributed by atoms with Gasteiger partial charge in [-0.15, -0.1) is 5.10 Å². The van der Waals surface area contributed by atoms with Gasteiger partial charge in [0.15, 0.2) is 0 Å². The second-order valence-corrected chi connectivity index (χ2v) is 8.37. The van der Waals surface area contributed by atoms with E-state index in [9.17, 15) is 0 Å². The number of pyridine rings is 1. The minimum Gasteiger partial charge on any atom is -0.497 e. The highest BCUT2D eigenvalue weighted by atomic mass is 35.5. The number of halogens is 3. The van der Waals surface area contributed by atoms with Crippen molar-refractivity contribution in [1.29, 1.82) is 0 Å². The van der Waals surface area contributed by atoms with E-state index in [4.69, 9.17) is 16.3 Å². The molecule has 0 fully saturated rings. The van der Waals surface area contributed by atoms with Crippen molar-refractivity contribution in [2.75, 3.05) is 7.11 Å². The van der Waals surface area contributed by atoms with Crippen LogP contribution in [0.3, 0.4) is 0 Å². The van der Waals surface area contributed by atoms with Crippen LogP contribution in [0.25, 0.3) is 10.9 Å². The maximum Gasteiger partial charge on any atom is 0.333 e. The van der Waals surface area contributed by atoms with Crippen LogP contribution in [0, 0.1) is 6.92 Å². The third kappa shape index (κ3) is 4.32. The Hall–Kier alpha value is -3.92. The predicted molar refractivity (Wildman–Crippen MR) is 126 cm³/mol. The van der Waals surface area contributed by atoms with Crippen LogP contribution in [-0.2, 0) is 19.0 Å². The summed E-state index contributed by atoms with van der Waals surface area (Å²) in [6, 6.07) is 15.1. The Morgan fingerprint density at radius 3 is 2.57 bits per heavy atom. The van der Waals surface area contributed by atoms with Crippen LogP contribution >= 0.6 is 11.6 Å². The molecule has 2 aromatic carbocycles. The first-order chi connectivity index (χ1) is 16.9. The van der Waals surface area contributed by atoms with E-state index >= 15 is 8.78 Å². The number of hydrogen-bond donors (Lipinski definition) is 0. The SMILES string of the molecule is COc1ccc(Cn2nnnc2C(F)(F)c2ccc3c(C)nn(Cc4cccnc4Cl)c3c2)cc1. The number of fused-ring (bicyclic) bond motifs is 1. The summed E-state index contributed by atoms with van der Waals surface area (Å²) in [6.45, 7) is 2.21. The minimum atomic E-state index is -3.45. The van der Waals surface area contributed by atoms with Gasteiger partial charge in [0.25, 0.3) is 0 Å². The molecule has 35 heavy (non-hydrogen) atoms. The van der Waals surface area contributed by atoms with Crippen LogP contribution in [0.2, 0.25) is 5.15 Å². The number of hydrogen-bond acceptors (Lipinski definition) is 6. The summed E-state index contributed by atoms with van der Waals surface area (Å²) >= 11 is 6.20. The molecule has 0 saturated heterocycles. The van der Waals surface area contributed by atoms with Crippen LogP contribution < -0.4 is 4.74 Å². The van der Waals surface area contributed by atoms with E-state index in [0.29, 0.717) is 23.0 Å². The summed E-state index contributed by atoms with van der Waals surface area (Å²) in [7, 11) is 1.56. The first-order valence-corrected chi connectivity index (χ1v) is 11.1. The Bertz CT molecular complexity index is 1500. The summed E-state index contributed by atoms with van der Waals surface area (Å²) < 4.78 is 39.3. The highest BCUT2D eigenvalue weighted by Gasteiger charge is 2.40. The Labute approximate surface area is 204 Å². The number of aromatic nitrogens is 7. The lowest BCUT2D eigenvalue weighted by Crippen LogP contribution is -2.23. The molecule has 178 valence electrons. The van der Waals surface area contributed by atoms with E-state index in [1.807, 2.05) is 13.0 Å². The lowest BCUT2D eigenvalue weighted by atomic mass is 10.0. The molecular weight excluding hydrogens is 476 g/mol. The van der Waals surface area contributed by atoms with E-state index in [2.05, 4.69) is 25.6 Å². The molecule has 0 radical (unpaired) electrons. The minimum absolute atomic E-state index is 0.0840. The van der Waals surface area contributed by atoms with E-state index in [1.165, 1.54) is 12.1 Å². The lowest BCUT2D eigenvalue weighted by molar-refractivity contribution is 0.0281. The fourth-order valence-corrected chi connectivity index (χ4v) is 4.10. The summed E-state index contributed by atoms with van der Waals surface area (Å²) in [4.78, 5) is 4.08. The van der Waals surface area contributed by atoms with Crippen molar-refractivity contribution in [1.82, 2.24) is 35.0 Å². The maximum atomic E-state index is 15.7. The fourth-order valence-electron chi connectivity index (χ4n) is 3.92. The Kier molecular flexibility index (Phi) is 5.89. The van der Waals surface area contributed by atoms with Crippen molar-refractivity contribution < 1.29 is 13.5 Å². The third-order valence-corrected chi connectivity index (χ3v) is 6.10. The molecule has 5 aromatic rings. The molecule has 11 heteroatoms. The molecule has 0 saturated carbocycles. The first kappa shape index (κ1) is 22.9. The molecule has 8 nitrogen and oxygen atoms in total. The number of rotatable bonds is 7. The van der Waals surface area contributed by atoms with Crippen LogP contribution in [-0.4, -0.2) is 42.1 Å². The predicted octanol–water partition coefficient (Wildman–Crippen LogP) is 4.62. The van der Waals surface area contributed by atoms with Gasteiger partial charge in [-0.1, -0.05) is 41.9 Å². The van der Waals surface area contributed by atoms with Gasteiger partial charge in [-0.2, -0.15) is 13.9 Å².